The summed E-state index contributed by atoms with van der Waals surface area (Å²) in [4.78, 5) is 17.4. The molecule has 16 heteroatoms. The van der Waals surface area contributed by atoms with Crippen molar-refractivity contribution in [3.63, 3.8) is 0 Å². The average Bonchev–Trinajstić information content (AvgIpc) is 2.60. The van der Waals surface area contributed by atoms with E-state index >= 15 is 0 Å². The molecule has 2 saturated heterocycles. The summed E-state index contributed by atoms with van der Waals surface area (Å²) < 4.78 is 30.3. The fourth-order valence-corrected chi connectivity index (χ4v) is 3.07. The Morgan fingerprint density at radius 3 is 2.00 bits per heavy atom. The predicted molar refractivity (Wildman–Crippen MR) is 80.6 cm³/mol. The van der Waals surface area contributed by atoms with Gasteiger partial charge in [0.25, 0.3) is 0 Å². The first-order valence-corrected chi connectivity index (χ1v) is 9.35. The molecule has 0 amide bonds. The molecular formula is C12H24NaO14P. The van der Waals surface area contributed by atoms with Crippen LogP contribution in [0.2, 0.25) is 0 Å². The van der Waals surface area contributed by atoms with Gasteiger partial charge in [0.05, 0.1) is 13.2 Å². The van der Waals surface area contributed by atoms with E-state index in [2.05, 4.69) is 4.52 Å². The van der Waals surface area contributed by atoms with Gasteiger partial charge < -0.3 is 61.2 Å². The molecule has 2 rings (SSSR count). The van der Waals surface area contributed by atoms with E-state index in [0.29, 0.717) is 0 Å². The van der Waals surface area contributed by atoms with Crippen molar-refractivity contribution in [2.75, 3.05) is 13.2 Å². The number of phosphoric ester groups is 1. The molecule has 0 aromatic heterocycles. The second kappa shape index (κ2) is 10.8. The molecule has 0 unspecified atom stereocenters. The Bertz CT molecular complexity index is 539. The van der Waals surface area contributed by atoms with Gasteiger partial charge in [-0.2, -0.15) is 0 Å². The third kappa shape index (κ3) is 6.35. The largest absolute Gasteiger partial charge is 1.00 e. The number of hydrogen-bond acceptors (Lipinski definition) is 12. The molecule has 2 fully saturated rings. The van der Waals surface area contributed by atoms with Gasteiger partial charge in [-0.05, 0) is 0 Å². The second-order valence-corrected chi connectivity index (χ2v) is 7.37. The predicted octanol–water partition coefficient (Wildman–Crippen LogP) is -8.16. The third-order valence-electron chi connectivity index (χ3n) is 4.21. The van der Waals surface area contributed by atoms with Gasteiger partial charge in [-0.25, -0.2) is 4.57 Å². The monoisotopic (exact) mass is 446 g/mol. The molecule has 0 aromatic carbocycles. The molecule has 10 atom stereocenters. The number of aliphatic hydroxyl groups is 7. The number of aliphatic hydroxyl groups excluding tert-OH is 7. The van der Waals surface area contributed by atoms with Crippen molar-refractivity contribution in [2.24, 2.45) is 0 Å². The Hall–Kier alpha value is 0.710. The van der Waals surface area contributed by atoms with Crippen molar-refractivity contribution in [3.05, 3.63) is 0 Å². The van der Waals surface area contributed by atoms with Crippen LogP contribution in [0.25, 0.3) is 0 Å². The van der Waals surface area contributed by atoms with Gasteiger partial charge in [0, 0.05) is 0 Å². The van der Waals surface area contributed by atoms with Gasteiger partial charge in [0.15, 0.2) is 12.6 Å². The zero-order valence-corrected chi connectivity index (χ0v) is 17.6. The van der Waals surface area contributed by atoms with Crippen molar-refractivity contribution >= 4 is 7.82 Å². The average molecular weight is 446 g/mol. The molecule has 2 aliphatic heterocycles. The fraction of sp³-hybridized carbons (Fsp3) is 1.00. The molecule has 0 bridgehead atoms. The molecule has 0 spiro atoms. The number of phosphoric acid groups is 1. The quantitative estimate of drug-likeness (QED) is 0.136. The van der Waals surface area contributed by atoms with Crippen LogP contribution in [0.4, 0.5) is 0 Å². The molecule has 14 nitrogen and oxygen atoms in total. The van der Waals surface area contributed by atoms with Crippen molar-refractivity contribution in [2.45, 2.75) is 61.4 Å². The SMILES string of the molecule is O=P(O)(O)OC[C@H]1O[C@@H](O[C@H]2[C@H](O)[C@@H](O)[C@@H](O)O[C@@H]2CO)[C@H](O)[C@@H](O)[C@H]1O.[H-].[Na+]. The maximum atomic E-state index is 10.8. The minimum absolute atomic E-state index is 0. The molecule has 162 valence electrons. The maximum Gasteiger partial charge on any atom is 1.00 e. The van der Waals surface area contributed by atoms with E-state index in [1.807, 2.05) is 0 Å². The molecule has 0 aliphatic carbocycles. The van der Waals surface area contributed by atoms with E-state index in [9.17, 15) is 40.3 Å². The van der Waals surface area contributed by atoms with Crippen LogP contribution in [0.5, 0.6) is 0 Å². The Kier molecular flexibility index (Phi) is 10.4. The van der Waals surface area contributed by atoms with Gasteiger partial charge in [-0.3, -0.25) is 4.52 Å². The molecule has 9 N–H and O–H groups in total. The Morgan fingerprint density at radius 2 is 1.46 bits per heavy atom. The first-order chi connectivity index (χ1) is 12.5. The second-order valence-electron chi connectivity index (χ2n) is 6.13. The van der Waals surface area contributed by atoms with Crippen LogP contribution < -0.4 is 29.6 Å². The first kappa shape index (κ1) is 26.7. The van der Waals surface area contributed by atoms with Crippen LogP contribution in [0.3, 0.4) is 0 Å². The van der Waals surface area contributed by atoms with E-state index in [1.54, 1.807) is 0 Å². The molecule has 0 radical (unpaired) electrons. The van der Waals surface area contributed by atoms with Crippen LogP contribution in [0, 0.1) is 0 Å². The minimum atomic E-state index is -4.92. The molecule has 28 heavy (non-hydrogen) atoms. The Balaban J connectivity index is 0.00000392. The van der Waals surface area contributed by atoms with Gasteiger partial charge in [0.1, 0.15) is 48.8 Å². The fourth-order valence-electron chi connectivity index (χ4n) is 2.73. The summed E-state index contributed by atoms with van der Waals surface area (Å²) in [7, 11) is -4.92. The molecule has 0 saturated carbocycles. The van der Waals surface area contributed by atoms with Gasteiger partial charge in [-0.15, -0.1) is 0 Å². The normalized spacial score (nSPS) is 44.8. The zero-order valence-electron chi connectivity index (χ0n) is 15.7. The summed E-state index contributed by atoms with van der Waals surface area (Å²) in [6.07, 6.45) is -17.1. The molecule has 2 heterocycles. The van der Waals surface area contributed by atoms with E-state index in [-0.39, 0.29) is 31.0 Å². The van der Waals surface area contributed by atoms with Crippen LogP contribution in [-0.4, -0.2) is 120 Å². The Morgan fingerprint density at radius 1 is 0.857 bits per heavy atom. The van der Waals surface area contributed by atoms with Crippen molar-refractivity contribution in [1.82, 2.24) is 0 Å². The van der Waals surface area contributed by atoms with Crippen molar-refractivity contribution < 1.29 is 99.8 Å². The smallest absolute Gasteiger partial charge is 1.00 e. The van der Waals surface area contributed by atoms with Crippen molar-refractivity contribution in [3.8, 4) is 0 Å². The third-order valence-corrected chi connectivity index (χ3v) is 4.69. The van der Waals surface area contributed by atoms with Crippen LogP contribution in [0.15, 0.2) is 0 Å². The van der Waals surface area contributed by atoms with E-state index in [1.165, 1.54) is 0 Å². The summed E-state index contributed by atoms with van der Waals surface area (Å²) in [5.74, 6) is 0. The van der Waals surface area contributed by atoms with Gasteiger partial charge >= 0.3 is 37.4 Å². The number of hydrogen-bond donors (Lipinski definition) is 9. The van der Waals surface area contributed by atoms with Crippen LogP contribution in [0.1, 0.15) is 1.43 Å². The summed E-state index contributed by atoms with van der Waals surface area (Å²) in [5, 5.41) is 68.1. The van der Waals surface area contributed by atoms with Crippen molar-refractivity contribution in [1.29, 1.82) is 0 Å². The molecule has 0 aromatic rings. The zero-order chi connectivity index (χ0) is 20.5. The van der Waals surface area contributed by atoms with E-state index in [4.69, 9.17) is 24.0 Å². The van der Waals surface area contributed by atoms with Gasteiger partial charge in [0.2, 0.25) is 0 Å². The number of rotatable bonds is 6. The van der Waals surface area contributed by atoms with Gasteiger partial charge in [-0.1, -0.05) is 0 Å². The standard InChI is InChI=1S/C12H23O14P.Na.H/c13-1-3-10(7(16)8(17)11(19)24-3)26-12-9(18)6(15)5(14)4(25-12)2-23-27(20,21)22;;/h3-19H,1-2H2,(H2,20,21,22);;/q;+1;-1/t3-,4-,5+,6+,7-,8-,9-,10-,11+,12+;;/m1../s1. The minimum Gasteiger partial charge on any atom is -1.00 e. The summed E-state index contributed by atoms with van der Waals surface area (Å²) >= 11 is 0. The molecular weight excluding hydrogens is 422 g/mol. The number of ether oxygens (including phenoxy) is 3. The van der Waals surface area contributed by atoms with E-state index < -0.39 is 82.4 Å². The summed E-state index contributed by atoms with van der Waals surface area (Å²) in [5.41, 5.74) is 0. The topological polar surface area (TPSA) is 236 Å². The first-order valence-electron chi connectivity index (χ1n) is 7.82. The summed E-state index contributed by atoms with van der Waals surface area (Å²) in [6.45, 7) is -1.63. The van der Waals surface area contributed by atoms with E-state index in [0.717, 1.165) is 0 Å². The van der Waals surface area contributed by atoms with Crippen LogP contribution in [-0.2, 0) is 23.3 Å². The Labute approximate surface area is 182 Å². The summed E-state index contributed by atoms with van der Waals surface area (Å²) in [6, 6.07) is 0. The molecule has 2 aliphatic rings. The van der Waals surface area contributed by atoms with Crippen LogP contribution >= 0.6 is 7.82 Å². The maximum absolute atomic E-state index is 10.8.